The van der Waals surface area contributed by atoms with Crippen LogP contribution in [0.1, 0.15) is 53.3 Å². The number of rotatable bonds is 3. The fraction of sp³-hybridized carbons (Fsp3) is 0.545. The summed E-state index contributed by atoms with van der Waals surface area (Å²) in [6, 6.07) is 0. The normalized spacial score (nSPS) is 17.8. The molecule has 162 valence electrons. The van der Waals surface area contributed by atoms with E-state index in [2.05, 4.69) is 20.1 Å². The lowest BCUT2D eigenvalue weighted by Gasteiger charge is -2.44. The molecule has 9 nitrogen and oxygen atoms in total. The lowest BCUT2D eigenvalue weighted by Crippen LogP contribution is -2.49. The molecule has 0 unspecified atom stereocenters. The van der Waals surface area contributed by atoms with Gasteiger partial charge in [-0.15, -0.1) is 0 Å². The van der Waals surface area contributed by atoms with Crippen LogP contribution in [-0.4, -0.2) is 60.1 Å². The summed E-state index contributed by atoms with van der Waals surface area (Å²) in [6.45, 7) is 7.93. The van der Waals surface area contributed by atoms with E-state index < -0.39 is 0 Å². The number of nitrogens with zero attached hydrogens (tertiary/aromatic N) is 7. The summed E-state index contributed by atoms with van der Waals surface area (Å²) in [5, 5.41) is 4.23. The van der Waals surface area contributed by atoms with Gasteiger partial charge in [-0.1, -0.05) is 0 Å². The van der Waals surface area contributed by atoms with Gasteiger partial charge in [-0.25, -0.2) is 19.5 Å². The van der Waals surface area contributed by atoms with Gasteiger partial charge < -0.3 is 9.64 Å². The highest BCUT2D eigenvalue weighted by Gasteiger charge is 2.43. The number of fused-ring (bicyclic) bond motifs is 3. The Kier molecular flexibility index (Phi) is 4.92. The monoisotopic (exact) mass is 421 g/mol. The summed E-state index contributed by atoms with van der Waals surface area (Å²) in [4.78, 5) is 32.7. The van der Waals surface area contributed by atoms with Gasteiger partial charge in [0, 0.05) is 37.1 Å². The van der Waals surface area contributed by atoms with Crippen molar-refractivity contribution in [1.29, 1.82) is 0 Å². The lowest BCUT2D eigenvalue weighted by molar-refractivity contribution is -0.141. The van der Waals surface area contributed by atoms with Crippen molar-refractivity contribution >= 4 is 11.7 Å². The molecule has 1 fully saturated rings. The zero-order chi connectivity index (χ0) is 21.6. The summed E-state index contributed by atoms with van der Waals surface area (Å²) in [5.41, 5.74) is 4.79. The van der Waals surface area contributed by atoms with Crippen molar-refractivity contribution in [3.8, 4) is 0 Å². The van der Waals surface area contributed by atoms with E-state index in [0.717, 1.165) is 47.7 Å². The molecule has 0 N–H and O–H groups in total. The van der Waals surface area contributed by atoms with Crippen LogP contribution in [0.3, 0.4) is 0 Å². The topological polar surface area (TPSA) is 98.4 Å². The van der Waals surface area contributed by atoms with E-state index in [1.54, 1.807) is 4.52 Å². The first-order valence-corrected chi connectivity index (χ1v) is 10.9. The second-order valence-corrected chi connectivity index (χ2v) is 8.50. The first kappa shape index (κ1) is 20.0. The molecule has 1 saturated heterocycles. The van der Waals surface area contributed by atoms with Gasteiger partial charge in [-0.05, 0) is 57.6 Å². The molecule has 0 bridgehead atoms. The number of carbonyl (C=O) groups excluding carboxylic acids is 1. The Morgan fingerprint density at radius 2 is 1.97 bits per heavy atom. The number of carbonyl (C=O) groups is 1. The van der Waals surface area contributed by atoms with Gasteiger partial charge >= 0.3 is 0 Å². The number of amides is 1. The molecule has 0 radical (unpaired) electrons. The van der Waals surface area contributed by atoms with Crippen LogP contribution in [0.2, 0.25) is 0 Å². The van der Waals surface area contributed by atoms with Crippen LogP contribution in [0.15, 0.2) is 12.5 Å². The van der Waals surface area contributed by atoms with Gasteiger partial charge in [0.15, 0.2) is 0 Å². The molecule has 2 aliphatic rings. The minimum Gasteiger partial charge on any atom is -0.368 e. The Bertz CT molecular complexity index is 1150. The second kappa shape index (κ2) is 7.64. The SMILES string of the molecule is Cc1ncc2c(n1)C1(CCN(C(=O)CCc3c(C)nc4ncnn4c3C)CC1)OCC2. The maximum absolute atomic E-state index is 13.0. The predicted molar refractivity (Wildman–Crippen MR) is 112 cm³/mol. The average molecular weight is 422 g/mol. The minimum atomic E-state index is -0.382. The molecule has 1 spiro atoms. The van der Waals surface area contributed by atoms with Crippen molar-refractivity contribution in [2.45, 2.75) is 58.5 Å². The molecular weight excluding hydrogens is 394 g/mol. The smallest absolute Gasteiger partial charge is 0.252 e. The third kappa shape index (κ3) is 3.46. The summed E-state index contributed by atoms with van der Waals surface area (Å²) in [7, 11) is 0. The highest BCUT2D eigenvalue weighted by molar-refractivity contribution is 5.76. The van der Waals surface area contributed by atoms with Gasteiger partial charge in [0.2, 0.25) is 5.91 Å². The predicted octanol–water partition coefficient (Wildman–Crippen LogP) is 1.86. The first-order valence-electron chi connectivity index (χ1n) is 10.9. The number of ether oxygens (including phenoxy) is 1. The molecule has 3 aromatic rings. The summed E-state index contributed by atoms with van der Waals surface area (Å²) >= 11 is 0. The maximum atomic E-state index is 13.0. The Morgan fingerprint density at radius 3 is 2.77 bits per heavy atom. The van der Waals surface area contributed by atoms with Crippen molar-refractivity contribution in [3.63, 3.8) is 0 Å². The molecule has 1 amide bonds. The summed E-state index contributed by atoms with van der Waals surface area (Å²) in [6.07, 6.45) is 6.93. The van der Waals surface area contributed by atoms with Crippen molar-refractivity contribution in [2.75, 3.05) is 19.7 Å². The molecule has 5 rings (SSSR count). The molecule has 5 heterocycles. The highest BCUT2D eigenvalue weighted by Crippen LogP contribution is 2.40. The Hall–Kier alpha value is -2.94. The van der Waals surface area contributed by atoms with Crippen molar-refractivity contribution in [2.24, 2.45) is 0 Å². The third-order valence-electron chi connectivity index (χ3n) is 6.67. The van der Waals surface area contributed by atoms with E-state index in [0.29, 0.717) is 38.3 Å². The zero-order valence-electron chi connectivity index (χ0n) is 18.3. The minimum absolute atomic E-state index is 0.169. The molecule has 0 saturated carbocycles. The maximum Gasteiger partial charge on any atom is 0.252 e. The van der Waals surface area contributed by atoms with Crippen LogP contribution in [0.5, 0.6) is 0 Å². The van der Waals surface area contributed by atoms with E-state index in [9.17, 15) is 4.79 Å². The Labute approximate surface area is 180 Å². The molecule has 3 aromatic heterocycles. The van der Waals surface area contributed by atoms with Gasteiger partial charge in [0.25, 0.3) is 5.78 Å². The van der Waals surface area contributed by atoms with E-state index in [4.69, 9.17) is 9.72 Å². The molecule has 31 heavy (non-hydrogen) atoms. The summed E-state index contributed by atoms with van der Waals surface area (Å²) in [5.74, 6) is 1.53. The van der Waals surface area contributed by atoms with Crippen molar-refractivity contribution in [3.05, 3.63) is 46.6 Å². The Morgan fingerprint density at radius 1 is 1.16 bits per heavy atom. The Balaban J connectivity index is 1.26. The molecule has 9 heteroatoms. The number of hydrogen-bond donors (Lipinski definition) is 0. The van der Waals surface area contributed by atoms with Gasteiger partial charge in [0.1, 0.15) is 17.8 Å². The quantitative estimate of drug-likeness (QED) is 0.637. The average Bonchev–Trinajstić information content (AvgIpc) is 3.23. The van der Waals surface area contributed by atoms with Gasteiger partial charge in [0.05, 0.1) is 12.3 Å². The number of hydrogen-bond acceptors (Lipinski definition) is 7. The van der Waals surface area contributed by atoms with Crippen molar-refractivity contribution < 1.29 is 9.53 Å². The molecular formula is C22H27N7O2. The van der Waals surface area contributed by atoms with E-state index in [1.807, 2.05) is 31.9 Å². The fourth-order valence-electron chi connectivity index (χ4n) is 4.90. The van der Waals surface area contributed by atoms with Crippen LogP contribution < -0.4 is 0 Å². The van der Waals surface area contributed by atoms with Crippen LogP contribution in [0.4, 0.5) is 0 Å². The van der Waals surface area contributed by atoms with Crippen LogP contribution in [0, 0.1) is 20.8 Å². The van der Waals surface area contributed by atoms with E-state index >= 15 is 0 Å². The third-order valence-corrected chi connectivity index (χ3v) is 6.67. The highest BCUT2D eigenvalue weighted by atomic mass is 16.5. The number of aryl methyl sites for hydroxylation is 3. The molecule has 0 aromatic carbocycles. The van der Waals surface area contributed by atoms with Gasteiger partial charge in [-0.3, -0.25) is 4.79 Å². The first-order chi connectivity index (χ1) is 15.0. The fourth-order valence-corrected chi connectivity index (χ4v) is 4.90. The van der Waals surface area contributed by atoms with E-state index in [-0.39, 0.29) is 11.5 Å². The van der Waals surface area contributed by atoms with E-state index in [1.165, 1.54) is 11.9 Å². The van der Waals surface area contributed by atoms with Crippen molar-refractivity contribution in [1.82, 2.24) is 34.4 Å². The lowest BCUT2D eigenvalue weighted by atomic mass is 9.83. The van der Waals surface area contributed by atoms with Crippen LogP contribution >= 0.6 is 0 Å². The molecule has 2 aliphatic heterocycles. The zero-order valence-corrected chi connectivity index (χ0v) is 18.3. The van der Waals surface area contributed by atoms with Gasteiger partial charge in [-0.2, -0.15) is 10.1 Å². The molecule has 0 atom stereocenters. The number of piperidine rings is 1. The standard InChI is InChI=1S/C22H27N7O2/c1-14-18(15(2)29-21(26-14)24-13-25-29)4-5-19(30)28-9-7-22(8-10-28)20-17(6-11-31-22)12-23-16(3)27-20/h12-13H,4-11H2,1-3H3. The summed E-state index contributed by atoms with van der Waals surface area (Å²) < 4.78 is 7.99. The van der Waals surface area contributed by atoms with Crippen LogP contribution in [-0.2, 0) is 28.0 Å². The number of aromatic nitrogens is 6. The second-order valence-electron chi connectivity index (χ2n) is 8.50. The molecule has 0 aliphatic carbocycles. The van der Waals surface area contributed by atoms with Crippen LogP contribution in [0.25, 0.3) is 5.78 Å². The largest absolute Gasteiger partial charge is 0.368 e. The number of likely N-dealkylation sites (tertiary alicyclic amines) is 1.